The van der Waals surface area contributed by atoms with Crippen LogP contribution in [0.1, 0.15) is 22.7 Å². The Morgan fingerprint density at radius 2 is 1.78 bits per heavy atom. The van der Waals surface area contributed by atoms with E-state index in [4.69, 9.17) is 14.2 Å². The van der Waals surface area contributed by atoms with Gasteiger partial charge in [0.2, 0.25) is 0 Å². The van der Waals surface area contributed by atoms with Crippen molar-refractivity contribution in [1.82, 2.24) is 5.32 Å². The van der Waals surface area contributed by atoms with Gasteiger partial charge in [-0.25, -0.2) is 0 Å². The highest BCUT2D eigenvalue weighted by atomic mass is 16.5. The molecule has 0 aliphatic carbocycles. The summed E-state index contributed by atoms with van der Waals surface area (Å²) >= 11 is 0. The third-order valence-electron chi connectivity index (χ3n) is 4.81. The number of hydrogen-bond acceptors (Lipinski definition) is 7. The molecule has 2 aromatic rings. The molecule has 3 rings (SSSR count). The molecule has 1 aliphatic rings. The van der Waals surface area contributed by atoms with E-state index in [1.54, 1.807) is 14.2 Å². The molecule has 1 heterocycles. The molecule has 0 unspecified atom stereocenters. The zero-order valence-corrected chi connectivity index (χ0v) is 15.5. The van der Waals surface area contributed by atoms with E-state index < -0.39 is 6.04 Å². The van der Waals surface area contributed by atoms with Crippen LogP contribution in [0.15, 0.2) is 30.3 Å². The van der Waals surface area contributed by atoms with Crippen molar-refractivity contribution in [2.45, 2.75) is 24.9 Å². The highest BCUT2D eigenvalue weighted by Gasteiger charge is 2.32. The van der Waals surface area contributed by atoms with E-state index in [1.165, 1.54) is 19.2 Å². The topological polar surface area (TPSA) is 97.3 Å². The van der Waals surface area contributed by atoms with Gasteiger partial charge in [0, 0.05) is 6.04 Å². The van der Waals surface area contributed by atoms with Crippen molar-refractivity contribution < 1.29 is 29.2 Å². The molecule has 7 nitrogen and oxygen atoms in total. The van der Waals surface area contributed by atoms with Gasteiger partial charge >= 0.3 is 5.97 Å². The second-order valence-corrected chi connectivity index (χ2v) is 6.43. The van der Waals surface area contributed by atoms with Gasteiger partial charge in [-0.15, -0.1) is 0 Å². The lowest BCUT2D eigenvalue weighted by molar-refractivity contribution is -0.143. The van der Waals surface area contributed by atoms with E-state index in [0.29, 0.717) is 24.3 Å². The maximum atomic E-state index is 12.1. The Kier molecular flexibility index (Phi) is 5.41. The maximum absolute atomic E-state index is 12.1. The molecule has 2 atom stereocenters. The van der Waals surface area contributed by atoms with Gasteiger partial charge in [0.1, 0.15) is 6.04 Å². The maximum Gasteiger partial charge on any atom is 0.323 e. The Morgan fingerprint density at radius 3 is 2.44 bits per heavy atom. The van der Waals surface area contributed by atoms with Crippen LogP contribution in [0, 0.1) is 0 Å². The van der Waals surface area contributed by atoms with Crippen LogP contribution in [0.2, 0.25) is 0 Å². The van der Waals surface area contributed by atoms with E-state index >= 15 is 0 Å². The van der Waals surface area contributed by atoms with Gasteiger partial charge in [0.05, 0.1) is 21.3 Å². The number of fused-ring (bicyclic) bond motifs is 1. The van der Waals surface area contributed by atoms with Crippen LogP contribution in [0.3, 0.4) is 0 Å². The number of hydrogen-bond donors (Lipinski definition) is 3. The van der Waals surface area contributed by atoms with E-state index in [0.717, 1.165) is 16.7 Å². The number of carbonyl (C=O) groups excluding carboxylic acids is 1. The Balaban J connectivity index is 1.96. The van der Waals surface area contributed by atoms with Gasteiger partial charge in [0.15, 0.2) is 23.0 Å². The van der Waals surface area contributed by atoms with Gasteiger partial charge in [-0.2, -0.15) is 0 Å². The summed E-state index contributed by atoms with van der Waals surface area (Å²) in [7, 11) is 4.49. The quantitative estimate of drug-likeness (QED) is 0.545. The molecule has 144 valence electrons. The van der Waals surface area contributed by atoms with Gasteiger partial charge in [-0.05, 0) is 53.8 Å². The fourth-order valence-electron chi connectivity index (χ4n) is 3.45. The highest BCUT2D eigenvalue weighted by molar-refractivity contribution is 5.77. The van der Waals surface area contributed by atoms with Gasteiger partial charge in [0.25, 0.3) is 0 Å². The number of phenolic OH excluding ortho intramolecular Hbond substituents is 2. The zero-order valence-electron chi connectivity index (χ0n) is 15.5. The summed E-state index contributed by atoms with van der Waals surface area (Å²) in [6.45, 7) is 0. The summed E-state index contributed by atoms with van der Waals surface area (Å²) in [6.07, 6.45) is 0.920. The number of nitrogens with one attached hydrogen (secondary N) is 1. The molecular weight excluding hydrogens is 350 g/mol. The molecule has 0 saturated heterocycles. The van der Waals surface area contributed by atoms with Crippen LogP contribution in [-0.2, 0) is 22.4 Å². The molecule has 1 aliphatic heterocycles. The number of carbonyl (C=O) groups is 1. The molecule has 0 saturated carbocycles. The van der Waals surface area contributed by atoms with E-state index in [-0.39, 0.29) is 23.5 Å². The molecule has 2 aromatic carbocycles. The van der Waals surface area contributed by atoms with Crippen LogP contribution in [0.5, 0.6) is 23.0 Å². The first-order chi connectivity index (χ1) is 13.0. The standard InChI is InChI=1S/C20H23NO6/c1-25-18-5-4-11(7-19(18)26-2)6-14-13-10-17(23)16(22)9-12(13)8-15(21-14)20(24)27-3/h4-5,7,9-10,14-15,21-23H,6,8H2,1-3H3/t14-,15+/m1/s1. The molecule has 0 amide bonds. The summed E-state index contributed by atoms with van der Waals surface area (Å²) in [4.78, 5) is 12.1. The largest absolute Gasteiger partial charge is 0.504 e. The van der Waals surface area contributed by atoms with E-state index in [2.05, 4.69) is 5.32 Å². The summed E-state index contributed by atoms with van der Waals surface area (Å²) in [5.41, 5.74) is 2.60. The lowest BCUT2D eigenvalue weighted by Gasteiger charge is -2.32. The Hall–Kier alpha value is -2.93. The van der Waals surface area contributed by atoms with E-state index in [1.807, 2.05) is 18.2 Å². The average molecular weight is 373 g/mol. The summed E-state index contributed by atoms with van der Waals surface area (Å²) < 4.78 is 15.5. The zero-order chi connectivity index (χ0) is 19.6. The van der Waals surface area contributed by atoms with Crippen molar-refractivity contribution in [3.8, 4) is 23.0 Å². The minimum Gasteiger partial charge on any atom is -0.504 e. The normalized spacial score (nSPS) is 18.5. The fourth-order valence-corrected chi connectivity index (χ4v) is 3.45. The lowest BCUT2D eigenvalue weighted by atomic mass is 9.86. The van der Waals surface area contributed by atoms with Crippen LogP contribution in [-0.4, -0.2) is 43.6 Å². The number of rotatable bonds is 5. The predicted octanol–water partition coefficient (Wildman–Crippen LogP) is 2.09. The molecule has 0 spiro atoms. The molecule has 0 fully saturated rings. The second kappa shape index (κ2) is 7.75. The van der Waals surface area contributed by atoms with Crippen molar-refractivity contribution in [1.29, 1.82) is 0 Å². The third kappa shape index (κ3) is 3.78. The first-order valence-electron chi connectivity index (χ1n) is 8.56. The number of aromatic hydroxyl groups is 2. The second-order valence-electron chi connectivity index (χ2n) is 6.43. The molecule has 7 heteroatoms. The number of esters is 1. The fraction of sp³-hybridized carbons (Fsp3) is 0.350. The van der Waals surface area contributed by atoms with Crippen molar-refractivity contribution in [2.24, 2.45) is 0 Å². The average Bonchev–Trinajstić information content (AvgIpc) is 2.68. The van der Waals surface area contributed by atoms with Gasteiger partial charge < -0.3 is 24.4 Å². The van der Waals surface area contributed by atoms with Crippen molar-refractivity contribution in [2.75, 3.05) is 21.3 Å². The highest BCUT2D eigenvalue weighted by Crippen LogP contribution is 2.37. The first-order valence-corrected chi connectivity index (χ1v) is 8.56. The SMILES string of the molecule is COC(=O)[C@@H]1Cc2cc(O)c(O)cc2[C@@H](Cc2ccc(OC)c(OC)c2)N1. The van der Waals surface area contributed by atoms with Crippen LogP contribution >= 0.6 is 0 Å². The van der Waals surface area contributed by atoms with Crippen LogP contribution < -0.4 is 14.8 Å². The molecule has 3 N–H and O–H groups in total. The molecule has 27 heavy (non-hydrogen) atoms. The van der Waals surface area contributed by atoms with Crippen molar-refractivity contribution in [3.63, 3.8) is 0 Å². The van der Waals surface area contributed by atoms with E-state index in [9.17, 15) is 15.0 Å². The minimum atomic E-state index is -0.531. The number of ether oxygens (including phenoxy) is 3. The minimum absolute atomic E-state index is 0.190. The summed E-state index contributed by atoms with van der Waals surface area (Å²) in [6, 6.07) is 7.88. The molecule has 0 aromatic heterocycles. The predicted molar refractivity (Wildman–Crippen MR) is 98.4 cm³/mol. The molecule has 0 radical (unpaired) electrons. The Labute approximate surface area is 157 Å². The van der Waals surface area contributed by atoms with Crippen molar-refractivity contribution >= 4 is 5.97 Å². The Bertz CT molecular complexity index is 851. The molecule has 0 bridgehead atoms. The smallest absolute Gasteiger partial charge is 0.323 e. The Morgan fingerprint density at radius 1 is 1.07 bits per heavy atom. The van der Waals surface area contributed by atoms with Crippen molar-refractivity contribution in [3.05, 3.63) is 47.0 Å². The number of phenols is 2. The first kappa shape index (κ1) is 18.8. The summed E-state index contributed by atoms with van der Waals surface area (Å²) in [5, 5.41) is 23.0. The van der Waals surface area contributed by atoms with Crippen LogP contribution in [0.4, 0.5) is 0 Å². The monoisotopic (exact) mass is 373 g/mol. The number of benzene rings is 2. The van der Waals surface area contributed by atoms with Gasteiger partial charge in [-0.1, -0.05) is 6.07 Å². The van der Waals surface area contributed by atoms with Crippen LogP contribution in [0.25, 0.3) is 0 Å². The third-order valence-corrected chi connectivity index (χ3v) is 4.81. The van der Waals surface area contributed by atoms with Gasteiger partial charge in [-0.3, -0.25) is 10.1 Å². The number of methoxy groups -OCH3 is 3. The summed E-state index contributed by atoms with van der Waals surface area (Å²) in [5.74, 6) is 0.483. The molecular formula is C20H23NO6. The lowest BCUT2D eigenvalue weighted by Crippen LogP contribution is -2.45.